The third kappa shape index (κ3) is 6.62. The fraction of sp³-hybridized carbons (Fsp3) is 0.100. The predicted molar refractivity (Wildman–Crippen MR) is 178 cm³/mol. The van der Waals surface area contributed by atoms with Crippen LogP contribution in [0.2, 0.25) is 0 Å². The van der Waals surface area contributed by atoms with Crippen molar-refractivity contribution in [2.45, 2.75) is 25.9 Å². The highest BCUT2D eigenvalue weighted by molar-refractivity contribution is 5.76. The Kier molecular flexibility index (Phi) is 8.43. The van der Waals surface area contributed by atoms with Crippen molar-refractivity contribution in [1.82, 2.24) is 0 Å². The van der Waals surface area contributed by atoms with E-state index >= 15 is 0 Å². The van der Waals surface area contributed by atoms with Crippen LogP contribution in [0.1, 0.15) is 33.4 Å². The Morgan fingerprint density at radius 2 is 0.833 bits per heavy atom. The molecule has 0 atom stereocenters. The van der Waals surface area contributed by atoms with Crippen molar-refractivity contribution >= 4 is 11.4 Å². The van der Waals surface area contributed by atoms with E-state index in [-0.39, 0.29) is 0 Å². The summed E-state index contributed by atoms with van der Waals surface area (Å²) in [4.78, 5) is 2.55. The summed E-state index contributed by atoms with van der Waals surface area (Å²) in [5, 5.41) is 0. The molecule has 2 nitrogen and oxygen atoms in total. The van der Waals surface area contributed by atoms with E-state index in [9.17, 15) is 0 Å². The summed E-state index contributed by atoms with van der Waals surface area (Å²) in [6.07, 6.45) is 1.70. The van der Waals surface area contributed by atoms with Crippen molar-refractivity contribution in [3.8, 4) is 11.1 Å². The Labute approximate surface area is 249 Å². The smallest absolute Gasteiger partial charge is 0.0433 e. The maximum atomic E-state index is 6.10. The molecule has 0 spiro atoms. The summed E-state index contributed by atoms with van der Waals surface area (Å²) in [5.41, 5.74) is 18.5. The van der Waals surface area contributed by atoms with Crippen LogP contribution in [-0.4, -0.2) is 0 Å². The highest BCUT2D eigenvalue weighted by Crippen LogP contribution is 2.37. The summed E-state index contributed by atoms with van der Waals surface area (Å²) in [5.74, 6) is 0. The van der Waals surface area contributed by atoms with Gasteiger partial charge in [0.1, 0.15) is 0 Å². The van der Waals surface area contributed by atoms with Gasteiger partial charge in [-0.25, -0.2) is 0 Å². The van der Waals surface area contributed by atoms with E-state index in [0.717, 1.165) is 31.6 Å². The van der Waals surface area contributed by atoms with Crippen LogP contribution in [-0.2, 0) is 25.9 Å². The Balaban J connectivity index is 1.55. The molecule has 206 valence electrons. The van der Waals surface area contributed by atoms with Gasteiger partial charge >= 0.3 is 0 Å². The minimum absolute atomic E-state index is 0.779. The van der Waals surface area contributed by atoms with Crippen molar-refractivity contribution in [3.63, 3.8) is 0 Å². The van der Waals surface area contributed by atoms with Crippen LogP contribution in [0.3, 0.4) is 0 Å². The third-order valence-corrected chi connectivity index (χ3v) is 7.85. The van der Waals surface area contributed by atoms with E-state index in [1.807, 2.05) is 12.1 Å². The van der Waals surface area contributed by atoms with Gasteiger partial charge in [0, 0.05) is 24.5 Å². The van der Waals surface area contributed by atoms with Crippen LogP contribution in [0, 0.1) is 0 Å². The van der Waals surface area contributed by atoms with E-state index in [2.05, 4.69) is 150 Å². The van der Waals surface area contributed by atoms with Gasteiger partial charge in [-0.1, -0.05) is 140 Å². The van der Waals surface area contributed by atoms with E-state index < -0.39 is 0 Å². The zero-order valence-corrected chi connectivity index (χ0v) is 23.9. The maximum absolute atomic E-state index is 6.10. The maximum Gasteiger partial charge on any atom is 0.0433 e. The summed E-state index contributed by atoms with van der Waals surface area (Å²) >= 11 is 0. The second-order valence-corrected chi connectivity index (χ2v) is 10.9. The summed E-state index contributed by atoms with van der Waals surface area (Å²) in [7, 11) is 0. The Hall–Kier alpha value is -5.08. The molecule has 0 aliphatic rings. The normalized spacial score (nSPS) is 10.9. The van der Waals surface area contributed by atoms with Gasteiger partial charge in [-0.2, -0.15) is 0 Å². The largest absolute Gasteiger partial charge is 0.399 e. The number of hydrogen-bond acceptors (Lipinski definition) is 2. The van der Waals surface area contributed by atoms with Crippen molar-refractivity contribution in [3.05, 3.63) is 191 Å². The van der Waals surface area contributed by atoms with E-state index in [1.165, 1.54) is 50.2 Å². The zero-order valence-electron chi connectivity index (χ0n) is 23.9. The van der Waals surface area contributed by atoms with Gasteiger partial charge in [-0.05, 0) is 75.5 Å². The zero-order chi connectivity index (χ0) is 28.6. The van der Waals surface area contributed by atoms with Gasteiger partial charge in [-0.3, -0.25) is 0 Å². The van der Waals surface area contributed by atoms with Crippen molar-refractivity contribution < 1.29 is 0 Å². The van der Waals surface area contributed by atoms with Gasteiger partial charge in [0.05, 0.1) is 0 Å². The number of hydrogen-bond donors (Lipinski definition) is 1. The molecule has 0 aromatic heterocycles. The molecule has 6 aromatic carbocycles. The molecular weight excluding hydrogens is 508 g/mol. The number of rotatable bonds is 10. The number of nitrogens with zero attached hydrogens (tertiary/aromatic N) is 1. The monoisotopic (exact) mass is 544 g/mol. The number of anilines is 2. The number of nitrogen functional groups attached to an aromatic ring is 1. The Morgan fingerprint density at radius 3 is 1.31 bits per heavy atom. The quantitative estimate of drug-likeness (QED) is 0.174. The lowest BCUT2D eigenvalue weighted by Crippen LogP contribution is -2.24. The molecule has 0 aliphatic heterocycles. The van der Waals surface area contributed by atoms with Crippen LogP contribution < -0.4 is 10.6 Å². The number of nitrogens with two attached hydrogens (primary N) is 1. The lowest BCUT2D eigenvalue weighted by molar-refractivity contribution is 0.792. The average molecular weight is 545 g/mol. The van der Waals surface area contributed by atoms with Gasteiger partial charge in [0.2, 0.25) is 0 Å². The minimum atomic E-state index is 0.779. The first-order valence-electron chi connectivity index (χ1n) is 14.6. The summed E-state index contributed by atoms with van der Waals surface area (Å²) < 4.78 is 0. The van der Waals surface area contributed by atoms with E-state index in [1.54, 1.807) is 0 Å². The van der Waals surface area contributed by atoms with Gasteiger partial charge in [-0.15, -0.1) is 0 Å². The van der Waals surface area contributed by atoms with Crippen LogP contribution in [0.5, 0.6) is 0 Å². The topological polar surface area (TPSA) is 29.3 Å². The lowest BCUT2D eigenvalue weighted by Gasteiger charge is -2.30. The molecule has 0 heterocycles. The third-order valence-electron chi connectivity index (χ3n) is 7.85. The van der Waals surface area contributed by atoms with Gasteiger partial charge in [0.15, 0.2) is 0 Å². The molecule has 2 heteroatoms. The van der Waals surface area contributed by atoms with E-state index in [4.69, 9.17) is 5.73 Å². The molecule has 0 fully saturated rings. The standard InChI is InChI=1S/C40H36N2/c41-36-23-21-35(22-24-36)37-25-26-40(42(29-33-17-9-3-10-18-33)30-34-19-11-4-12-20-34)39(28-32-15-7-2-8-16-32)38(37)27-31-13-5-1-6-14-31/h1-26H,27-30,41H2. The van der Waals surface area contributed by atoms with Crippen molar-refractivity contribution in [1.29, 1.82) is 0 Å². The second kappa shape index (κ2) is 13.1. The van der Waals surface area contributed by atoms with Gasteiger partial charge < -0.3 is 10.6 Å². The molecule has 42 heavy (non-hydrogen) atoms. The number of benzene rings is 6. The predicted octanol–water partition coefficient (Wildman–Crippen LogP) is 9.32. The van der Waals surface area contributed by atoms with Crippen LogP contribution in [0.25, 0.3) is 11.1 Å². The van der Waals surface area contributed by atoms with E-state index in [0.29, 0.717) is 0 Å². The van der Waals surface area contributed by atoms with Crippen molar-refractivity contribution in [2.24, 2.45) is 0 Å². The SMILES string of the molecule is Nc1ccc(-c2ccc(N(Cc3ccccc3)Cc3ccccc3)c(Cc3ccccc3)c2Cc2ccccc2)cc1. The average Bonchev–Trinajstić information content (AvgIpc) is 3.04. The Bertz CT molecular complexity index is 1650. The first-order valence-corrected chi connectivity index (χ1v) is 14.6. The summed E-state index contributed by atoms with van der Waals surface area (Å²) in [6.45, 7) is 1.65. The molecule has 0 bridgehead atoms. The molecule has 0 saturated carbocycles. The van der Waals surface area contributed by atoms with Crippen LogP contribution in [0.4, 0.5) is 11.4 Å². The minimum Gasteiger partial charge on any atom is -0.399 e. The molecule has 0 radical (unpaired) electrons. The first kappa shape index (κ1) is 27.1. The lowest BCUT2D eigenvalue weighted by atomic mass is 9.86. The van der Waals surface area contributed by atoms with Crippen LogP contribution >= 0.6 is 0 Å². The molecule has 6 rings (SSSR count). The molecule has 0 amide bonds. The summed E-state index contributed by atoms with van der Waals surface area (Å²) in [6, 6.07) is 56.2. The fourth-order valence-electron chi connectivity index (χ4n) is 5.74. The molecular formula is C40H36N2. The molecule has 2 N–H and O–H groups in total. The molecule has 0 saturated heterocycles. The van der Waals surface area contributed by atoms with Gasteiger partial charge in [0.25, 0.3) is 0 Å². The second-order valence-electron chi connectivity index (χ2n) is 10.9. The van der Waals surface area contributed by atoms with Crippen LogP contribution in [0.15, 0.2) is 158 Å². The first-order chi connectivity index (χ1) is 20.7. The molecule has 0 unspecified atom stereocenters. The van der Waals surface area contributed by atoms with Crippen molar-refractivity contribution in [2.75, 3.05) is 10.6 Å². The Morgan fingerprint density at radius 1 is 0.405 bits per heavy atom. The molecule has 6 aromatic rings. The fourth-order valence-corrected chi connectivity index (χ4v) is 5.74. The highest BCUT2D eigenvalue weighted by atomic mass is 15.1. The highest BCUT2D eigenvalue weighted by Gasteiger charge is 2.20. The molecule has 0 aliphatic carbocycles.